The van der Waals surface area contributed by atoms with Crippen LogP contribution < -0.4 is 4.74 Å². The smallest absolute Gasteiger partial charge is 0.360 e. The van der Waals surface area contributed by atoms with Gasteiger partial charge in [-0.05, 0) is 36.4 Å². The summed E-state index contributed by atoms with van der Waals surface area (Å²) < 4.78 is 9.63. The Kier molecular flexibility index (Phi) is 3.66. The highest BCUT2D eigenvalue weighted by molar-refractivity contribution is 5.90. The Morgan fingerprint density at radius 1 is 1.11 bits per heavy atom. The van der Waals surface area contributed by atoms with E-state index < -0.39 is 5.97 Å². The minimum atomic E-state index is -0.673. The number of rotatable bonds is 3. The molecule has 1 N–H and O–H groups in total. The summed E-state index contributed by atoms with van der Waals surface area (Å²) in [7, 11) is 2.83. The van der Waals surface area contributed by atoms with Crippen LogP contribution in [0.25, 0.3) is 11.3 Å². The summed E-state index contributed by atoms with van der Waals surface area (Å²) in [5, 5.41) is 9.58. The van der Waals surface area contributed by atoms with E-state index in [1.807, 2.05) is 12.1 Å². The lowest BCUT2D eigenvalue weighted by Gasteiger charge is -2.06. The second kappa shape index (κ2) is 5.39. The first-order valence-electron chi connectivity index (χ1n) is 5.58. The van der Waals surface area contributed by atoms with Crippen LogP contribution in [0.15, 0.2) is 36.4 Å². The van der Waals surface area contributed by atoms with Gasteiger partial charge in [0.1, 0.15) is 11.5 Å². The van der Waals surface area contributed by atoms with Crippen molar-refractivity contribution in [3.05, 3.63) is 42.1 Å². The minimum absolute atomic E-state index is 0.101. The Balaban J connectivity index is 2.42. The average Bonchev–Trinajstić information content (AvgIpc) is 2.47. The van der Waals surface area contributed by atoms with Gasteiger partial charge in [0.15, 0.2) is 5.69 Å². The van der Waals surface area contributed by atoms with Crippen LogP contribution >= 0.6 is 0 Å². The lowest BCUT2D eigenvalue weighted by molar-refractivity contribution is 0.0590. The van der Waals surface area contributed by atoms with E-state index in [2.05, 4.69) is 9.72 Å². The number of pyridine rings is 1. The predicted octanol–water partition coefficient (Wildman–Crippen LogP) is 2.25. The molecule has 5 nitrogen and oxygen atoms in total. The van der Waals surface area contributed by atoms with Gasteiger partial charge in [0.05, 0.1) is 19.9 Å². The quantitative estimate of drug-likeness (QED) is 0.856. The van der Waals surface area contributed by atoms with Crippen molar-refractivity contribution in [2.75, 3.05) is 14.2 Å². The van der Waals surface area contributed by atoms with Crippen molar-refractivity contribution >= 4 is 5.97 Å². The Hall–Kier alpha value is -2.56. The molecule has 1 heterocycles. The van der Waals surface area contributed by atoms with Crippen molar-refractivity contribution in [3.63, 3.8) is 0 Å². The SMILES string of the molecule is COC(=O)c1nc(-c2ccc(OC)cc2)ccc1O. The molecule has 0 fully saturated rings. The molecule has 98 valence electrons. The Labute approximate surface area is 110 Å². The van der Waals surface area contributed by atoms with E-state index in [4.69, 9.17) is 4.74 Å². The van der Waals surface area contributed by atoms with Crippen LogP contribution in [0.5, 0.6) is 11.5 Å². The normalized spacial score (nSPS) is 10.0. The van der Waals surface area contributed by atoms with Crippen molar-refractivity contribution in [2.45, 2.75) is 0 Å². The van der Waals surface area contributed by atoms with Crippen molar-refractivity contribution in [2.24, 2.45) is 0 Å². The molecule has 0 atom stereocenters. The van der Waals surface area contributed by atoms with Crippen LogP contribution in [0.3, 0.4) is 0 Å². The van der Waals surface area contributed by atoms with Gasteiger partial charge in [0.2, 0.25) is 0 Å². The molecule has 0 bridgehead atoms. The Bertz CT molecular complexity index is 593. The molecule has 0 saturated carbocycles. The lowest BCUT2D eigenvalue weighted by atomic mass is 10.1. The number of ether oxygens (including phenoxy) is 2. The van der Waals surface area contributed by atoms with Gasteiger partial charge in [-0.25, -0.2) is 9.78 Å². The first-order chi connectivity index (χ1) is 9.15. The lowest BCUT2D eigenvalue weighted by Crippen LogP contribution is -2.05. The highest BCUT2D eigenvalue weighted by Crippen LogP contribution is 2.24. The van der Waals surface area contributed by atoms with Crippen LogP contribution in [0.4, 0.5) is 0 Å². The third kappa shape index (κ3) is 2.65. The summed E-state index contributed by atoms with van der Waals surface area (Å²) in [5.41, 5.74) is 1.28. The van der Waals surface area contributed by atoms with Crippen molar-refractivity contribution in [3.8, 4) is 22.8 Å². The summed E-state index contributed by atoms with van der Waals surface area (Å²) in [6.45, 7) is 0. The Morgan fingerprint density at radius 3 is 2.37 bits per heavy atom. The van der Waals surface area contributed by atoms with Gasteiger partial charge in [-0.1, -0.05) is 0 Å². The van der Waals surface area contributed by atoms with Gasteiger partial charge in [0.25, 0.3) is 0 Å². The molecule has 0 unspecified atom stereocenters. The number of carbonyl (C=O) groups excluding carboxylic acids is 1. The molecule has 0 amide bonds. The number of aromatic nitrogens is 1. The predicted molar refractivity (Wildman–Crippen MR) is 69.2 cm³/mol. The van der Waals surface area contributed by atoms with E-state index in [9.17, 15) is 9.90 Å². The van der Waals surface area contributed by atoms with E-state index in [-0.39, 0.29) is 11.4 Å². The largest absolute Gasteiger partial charge is 0.505 e. The van der Waals surface area contributed by atoms with E-state index >= 15 is 0 Å². The van der Waals surface area contributed by atoms with Crippen molar-refractivity contribution in [1.82, 2.24) is 4.98 Å². The van der Waals surface area contributed by atoms with Crippen LogP contribution in [-0.4, -0.2) is 30.3 Å². The number of esters is 1. The molecule has 0 saturated heterocycles. The average molecular weight is 259 g/mol. The zero-order valence-corrected chi connectivity index (χ0v) is 10.6. The first kappa shape index (κ1) is 12.9. The van der Waals surface area contributed by atoms with Gasteiger partial charge in [-0.3, -0.25) is 0 Å². The van der Waals surface area contributed by atoms with Gasteiger partial charge in [-0.2, -0.15) is 0 Å². The van der Waals surface area contributed by atoms with Gasteiger partial charge >= 0.3 is 5.97 Å². The standard InChI is InChI=1S/C14H13NO4/c1-18-10-5-3-9(4-6-10)11-7-8-12(16)13(15-11)14(17)19-2/h3-8,16H,1-2H3. The van der Waals surface area contributed by atoms with Crippen LogP contribution in [-0.2, 0) is 4.74 Å². The maximum absolute atomic E-state index is 11.5. The molecule has 0 aliphatic carbocycles. The molecule has 5 heteroatoms. The van der Waals surface area contributed by atoms with Crippen molar-refractivity contribution < 1.29 is 19.4 Å². The summed E-state index contributed by atoms with van der Waals surface area (Å²) >= 11 is 0. The molecule has 2 rings (SSSR count). The molecular formula is C14H13NO4. The highest BCUT2D eigenvalue weighted by Gasteiger charge is 2.14. The highest BCUT2D eigenvalue weighted by atomic mass is 16.5. The van der Waals surface area contributed by atoms with Gasteiger partial charge in [0, 0.05) is 5.56 Å². The summed E-state index contributed by atoms with van der Waals surface area (Å²) in [6.07, 6.45) is 0. The summed E-state index contributed by atoms with van der Waals surface area (Å²) in [5.74, 6) is -0.146. The zero-order valence-electron chi connectivity index (χ0n) is 10.6. The fourth-order valence-electron chi connectivity index (χ4n) is 1.62. The topological polar surface area (TPSA) is 68.7 Å². The molecule has 0 radical (unpaired) electrons. The van der Waals surface area contributed by atoms with E-state index in [1.165, 1.54) is 13.2 Å². The molecule has 1 aromatic carbocycles. The third-order valence-electron chi connectivity index (χ3n) is 2.64. The zero-order chi connectivity index (χ0) is 13.8. The number of hydrogen-bond donors (Lipinski definition) is 1. The Morgan fingerprint density at radius 2 is 1.79 bits per heavy atom. The fraction of sp³-hybridized carbons (Fsp3) is 0.143. The molecule has 0 spiro atoms. The summed E-state index contributed by atoms with van der Waals surface area (Å²) in [6, 6.07) is 10.3. The number of aromatic hydroxyl groups is 1. The molecule has 2 aromatic rings. The number of methoxy groups -OCH3 is 2. The first-order valence-corrected chi connectivity index (χ1v) is 5.58. The summed E-state index contributed by atoms with van der Waals surface area (Å²) in [4.78, 5) is 15.6. The second-order valence-corrected chi connectivity index (χ2v) is 3.78. The van der Waals surface area contributed by atoms with Gasteiger partial charge < -0.3 is 14.6 Å². The minimum Gasteiger partial charge on any atom is -0.505 e. The number of hydrogen-bond acceptors (Lipinski definition) is 5. The van der Waals surface area contributed by atoms with E-state index in [0.29, 0.717) is 5.69 Å². The number of carbonyl (C=O) groups is 1. The fourth-order valence-corrected chi connectivity index (χ4v) is 1.62. The van der Waals surface area contributed by atoms with Crippen LogP contribution in [0.1, 0.15) is 10.5 Å². The van der Waals surface area contributed by atoms with Crippen molar-refractivity contribution in [1.29, 1.82) is 0 Å². The monoisotopic (exact) mass is 259 g/mol. The maximum atomic E-state index is 11.5. The molecule has 0 aliphatic rings. The molecule has 19 heavy (non-hydrogen) atoms. The van der Waals surface area contributed by atoms with Crippen LogP contribution in [0, 0.1) is 0 Å². The second-order valence-electron chi connectivity index (χ2n) is 3.78. The van der Waals surface area contributed by atoms with Crippen LogP contribution in [0.2, 0.25) is 0 Å². The molecule has 0 aliphatic heterocycles. The third-order valence-corrected chi connectivity index (χ3v) is 2.64. The molecular weight excluding hydrogens is 246 g/mol. The number of benzene rings is 1. The van der Waals surface area contributed by atoms with Gasteiger partial charge in [-0.15, -0.1) is 0 Å². The number of nitrogens with zero attached hydrogens (tertiary/aromatic N) is 1. The molecule has 1 aromatic heterocycles. The van der Waals surface area contributed by atoms with E-state index in [0.717, 1.165) is 11.3 Å². The van der Waals surface area contributed by atoms with E-state index in [1.54, 1.807) is 25.3 Å². The maximum Gasteiger partial charge on any atom is 0.360 e.